The van der Waals surface area contributed by atoms with E-state index in [1.54, 1.807) is 48.5 Å². The number of rotatable bonds is 7. The predicted octanol–water partition coefficient (Wildman–Crippen LogP) is 3.06. The van der Waals surface area contributed by atoms with Crippen LogP contribution in [0.2, 0.25) is 0 Å². The monoisotopic (exact) mass is 328 g/mol. The molecule has 2 aromatic carbocycles. The number of para-hydroxylation sites is 2. The van der Waals surface area contributed by atoms with E-state index in [1.165, 1.54) is 6.92 Å². The van der Waals surface area contributed by atoms with Gasteiger partial charge in [-0.2, -0.15) is 0 Å². The first-order chi connectivity index (χ1) is 11.6. The van der Waals surface area contributed by atoms with Gasteiger partial charge in [0, 0.05) is 12.6 Å². The van der Waals surface area contributed by atoms with E-state index in [4.69, 9.17) is 9.47 Å². The summed E-state index contributed by atoms with van der Waals surface area (Å²) in [7, 11) is 0. The molecule has 0 bridgehead atoms. The van der Waals surface area contributed by atoms with Crippen LogP contribution in [-0.2, 0) is 9.59 Å². The largest absolute Gasteiger partial charge is 0.494 e. The Morgan fingerprint density at radius 3 is 2.33 bits per heavy atom. The van der Waals surface area contributed by atoms with Crippen LogP contribution in [0.25, 0.3) is 0 Å². The van der Waals surface area contributed by atoms with Gasteiger partial charge in [0.05, 0.1) is 12.3 Å². The van der Waals surface area contributed by atoms with Gasteiger partial charge in [-0.25, -0.2) is 0 Å². The van der Waals surface area contributed by atoms with E-state index >= 15 is 0 Å². The highest BCUT2D eigenvalue weighted by atomic mass is 16.5. The number of nitrogens with one attached hydrogen (secondary N) is 2. The first-order valence-electron chi connectivity index (χ1n) is 7.60. The lowest BCUT2D eigenvalue weighted by molar-refractivity contribution is -0.118. The van der Waals surface area contributed by atoms with Crippen molar-refractivity contribution in [3.05, 3.63) is 48.5 Å². The fourth-order valence-corrected chi connectivity index (χ4v) is 2.03. The van der Waals surface area contributed by atoms with Crippen LogP contribution in [0.1, 0.15) is 13.8 Å². The Labute approximate surface area is 140 Å². The molecule has 0 saturated carbocycles. The van der Waals surface area contributed by atoms with Crippen LogP contribution in [0, 0.1) is 0 Å². The highest BCUT2D eigenvalue weighted by Crippen LogP contribution is 2.23. The van der Waals surface area contributed by atoms with Crippen LogP contribution in [-0.4, -0.2) is 25.0 Å². The normalized spacial score (nSPS) is 9.92. The van der Waals surface area contributed by atoms with Crippen molar-refractivity contribution in [2.75, 3.05) is 23.8 Å². The zero-order valence-electron chi connectivity index (χ0n) is 13.7. The number of hydrogen-bond acceptors (Lipinski definition) is 4. The van der Waals surface area contributed by atoms with E-state index in [1.807, 2.05) is 6.92 Å². The first kappa shape index (κ1) is 17.3. The van der Waals surface area contributed by atoms with E-state index in [-0.39, 0.29) is 18.4 Å². The first-order valence-corrected chi connectivity index (χ1v) is 7.60. The van der Waals surface area contributed by atoms with Gasteiger partial charge in [-0.3, -0.25) is 9.59 Å². The fraction of sp³-hybridized carbons (Fsp3) is 0.222. The number of amides is 2. The van der Waals surface area contributed by atoms with Crippen molar-refractivity contribution < 1.29 is 19.1 Å². The topological polar surface area (TPSA) is 76.7 Å². The van der Waals surface area contributed by atoms with Crippen LogP contribution in [0.15, 0.2) is 48.5 Å². The number of ether oxygens (including phenoxy) is 2. The van der Waals surface area contributed by atoms with Gasteiger partial charge in [0.1, 0.15) is 11.5 Å². The molecule has 0 atom stereocenters. The van der Waals surface area contributed by atoms with Gasteiger partial charge in [-0.1, -0.05) is 12.1 Å². The van der Waals surface area contributed by atoms with Gasteiger partial charge in [-0.05, 0) is 43.3 Å². The molecule has 0 unspecified atom stereocenters. The summed E-state index contributed by atoms with van der Waals surface area (Å²) in [4.78, 5) is 23.1. The Morgan fingerprint density at radius 2 is 1.67 bits per heavy atom. The Balaban J connectivity index is 1.90. The molecule has 0 heterocycles. The second kappa shape index (κ2) is 8.57. The van der Waals surface area contributed by atoms with Crippen LogP contribution in [0.3, 0.4) is 0 Å². The molecule has 6 heteroatoms. The highest BCUT2D eigenvalue weighted by molar-refractivity contribution is 5.92. The van der Waals surface area contributed by atoms with Gasteiger partial charge in [0.15, 0.2) is 6.61 Å². The summed E-state index contributed by atoms with van der Waals surface area (Å²) >= 11 is 0. The summed E-state index contributed by atoms with van der Waals surface area (Å²) in [6.45, 7) is 3.75. The second-order valence-electron chi connectivity index (χ2n) is 4.97. The van der Waals surface area contributed by atoms with Crippen LogP contribution in [0.4, 0.5) is 11.4 Å². The smallest absolute Gasteiger partial charge is 0.262 e. The minimum absolute atomic E-state index is 0.163. The summed E-state index contributed by atoms with van der Waals surface area (Å²) in [6.07, 6.45) is 0. The zero-order valence-corrected chi connectivity index (χ0v) is 13.7. The lowest BCUT2D eigenvalue weighted by Gasteiger charge is -2.12. The molecule has 0 aliphatic heterocycles. The third kappa shape index (κ3) is 5.31. The van der Waals surface area contributed by atoms with E-state index in [2.05, 4.69) is 10.6 Å². The molecular formula is C18H20N2O4. The number of benzene rings is 2. The number of carbonyl (C=O) groups is 2. The molecule has 0 saturated heterocycles. The molecule has 0 fully saturated rings. The molecular weight excluding hydrogens is 308 g/mol. The van der Waals surface area contributed by atoms with Crippen molar-refractivity contribution in [2.45, 2.75) is 13.8 Å². The summed E-state index contributed by atoms with van der Waals surface area (Å²) in [5.74, 6) is 0.687. The molecule has 0 aromatic heterocycles. The minimum atomic E-state index is -0.295. The van der Waals surface area contributed by atoms with E-state index in [0.717, 1.165) is 5.75 Å². The zero-order chi connectivity index (χ0) is 17.4. The SMILES string of the molecule is CCOc1ccc(NC(=O)COc2ccccc2NC(C)=O)cc1. The lowest BCUT2D eigenvalue weighted by atomic mass is 10.3. The number of carbonyl (C=O) groups excluding carboxylic acids is 2. The Bertz CT molecular complexity index is 698. The quantitative estimate of drug-likeness (QED) is 0.819. The van der Waals surface area contributed by atoms with Gasteiger partial charge in [0.2, 0.25) is 5.91 Å². The van der Waals surface area contributed by atoms with E-state index in [0.29, 0.717) is 23.7 Å². The molecule has 0 aliphatic carbocycles. The van der Waals surface area contributed by atoms with Crippen LogP contribution in [0.5, 0.6) is 11.5 Å². The summed E-state index contributed by atoms with van der Waals surface area (Å²) in [5, 5.41) is 5.39. The van der Waals surface area contributed by atoms with Crippen LogP contribution >= 0.6 is 0 Å². The summed E-state index contributed by atoms with van der Waals surface area (Å²) < 4.78 is 10.8. The highest BCUT2D eigenvalue weighted by Gasteiger charge is 2.08. The van der Waals surface area contributed by atoms with Crippen molar-refractivity contribution in [2.24, 2.45) is 0 Å². The molecule has 2 aromatic rings. The average molecular weight is 328 g/mol. The molecule has 2 N–H and O–H groups in total. The van der Waals surface area contributed by atoms with Crippen molar-refractivity contribution >= 4 is 23.2 Å². The Morgan fingerprint density at radius 1 is 0.958 bits per heavy atom. The van der Waals surface area contributed by atoms with Gasteiger partial charge >= 0.3 is 0 Å². The molecule has 0 spiro atoms. The molecule has 0 radical (unpaired) electrons. The fourth-order valence-electron chi connectivity index (χ4n) is 2.03. The van der Waals surface area contributed by atoms with Crippen LogP contribution < -0.4 is 20.1 Å². The summed E-state index contributed by atoms with van der Waals surface area (Å²) in [5.41, 5.74) is 1.18. The van der Waals surface area contributed by atoms with Gasteiger partial charge < -0.3 is 20.1 Å². The van der Waals surface area contributed by atoms with Crippen molar-refractivity contribution in [3.8, 4) is 11.5 Å². The Kier molecular flexibility index (Phi) is 6.19. The molecule has 2 amide bonds. The third-order valence-corrected chi connectivity index (χ3v) is 3.01. The maximum Gasteiger partial charge on any atom is 0.262 e. The molecule has 0 aliphatic rings. The van der Waals surface area contributed by atoms with Crippen molar-refractivity contribution in [1.29, 1.82) is 0 Å². The predicted molar refractivity (Wildman–Crippen MR) is 92.5 cm³/mol. The minimum Gasteiger partial charge on any atom is -0.494 e. The van der Waals surface area contributed by atoms with Gasteiger partial charge in [-0.15, -0.1) is 0 Å². The second-order valence-corrected chi connectivity index (χ2v) is 4.97. The molecule has 6 nitrogen and oxygen atoms in total. The third-order valence-electron chi connectivity index (χ3n) is 3.01. The Hall–Kier alpha value is -3.02. The van der Waals surface area contributed by atoms with Crippen molar-refractivity contribution in [1.82, 2.24) is 0 Å². The van der Waals surface area contributed by atoms with E-state index in [9.17, 15) is 9.59 Å². The molecule has 126 valence electrons. The average Bonchev–Trinajstić information content (AvgIpc) is 2.56. The number of hydrogen-bond donors (Lipinski definition) is 2. The maximum absolute atomic E-state index is 12.0. The molecule has 24 heavy (non-hydrogen) atoms. The molecule has 2 rings (SSSR count). The summed E-state index contributed by atoms with van der Waals surface area (Å²) in [6, 6.07) is 14.0. The van der Waals surface area contributed by atoms with Crippen molar-refractivity contribution in [3.63, 3.8) is 0 Å². The lowest BCUT2D eigenvalue weighted by Crippen LogP contribution is -2.20. The maximum atomic E-state index is 12.0. The van der Waals surface area contributed by atoms with E-state index < -0.39 is 0 Å². The number of anilines is 2. The van der Waals surface area contributed by atoms with Gasteiger partial charge in [0.25, 0.3) is 5.91 Å². The standard InChI is InChI=1S/C18H20N2O4/c1-3-23-15-10-8-14(9-11-15)20-18(22)12-24-17-7-5-4-6-16(17)19-13(2)21/h4-11H,3,12H2,1-2H3,(H,19,21)(H,20,22).